The molecule has 1 saturated heterocycles. The van der Waals surface area contributed by atoms with E-state index in [2.05, 4.69) is 54.4 Å². The summed E-state index contributed by atoms with van der Waals surface area (Å²) in [6.07, 6.45) is 2.73. The Morgan fingerprint density at radius 2 is 1.76 bits per heavy atom. The van der Waals surface area contributed by atoms with Crippen LogP contribution in [0.15, 0.2) is 30.3 Å². The van der Waals surface area contributed by atoms with Crippen LogP contribution in [0.4, 0.5) is 0 Å². The molecular formula is C15H24N2. The molecule has 0 aromatic heterocycles. The number of nitrogens with one attached hydrogen (secondary N) is 1. The van der Waals surface area contributed by atoms with Gasteiger partial charge in [0, 0.05) is 18.6 Å². The lowest BCUT2D eigenvalue weighted by Gasteiger charge is -2.26. The monoisotopic (exact) mass is 232 g/mol. The van der Waals surface area contributed by atoms with Crippen molar-refractivity contribution in [2.75, 3.05) is 19.6 Å². The number of hydrogen-bond donors (Lipinski definition) is 1. The Hall–Kier alpha value is -0.860. The molecule has 2 nitrogen and oxygen atoms in total. The molecule has 0 spiro atoms. The maximum absolute atomic E-state index is 3.68. The van der Waals surface area contributed by atoms with Crippen molar-refractivity contribution < 1.29 is 0 Å². The Morgan fingerprint density at radius 3 is 2.35 bits per heavy atom. The van der Waals surface area contributed by atoms with E-state index in [4.69, 9.17) is 0 Å². The van der Waals surface area contributed by atoms with E-state index in [-0.39, 0.29) is 0 Å². The molecule has 0 amide bonds. The van der Waals surface area contributed by atoms with E-state index in [0.29, 0.717) is 12.1 Å². The molecule has 2 heteroatoms. The van der Waals surface area contributed by atoms with Gasteiger partial charge in [-0.1, -0.05) is 44.2 Å². The summed E-state index contributed by atoms with van der Waals surface area (Å²) in [5.74, 6) is 0. The molecule has 2 rings (SSSR count). The second-order valence-electron chi connectivity index (χ2n) is 5.29. The Morgan fingerprint density at radius 1 is 1.12 bits per heavy atom. The smallest absolute Gasteiger partial charge is 0.0451 e. The molecule has 1 aliphatic heterocycles. The molecule has 0 aliphatic carbocycles. The summed E-state index contributed by atoms with van der Waals surface area (Å²) in [4.78, 5) is 2.58. The third kappa shape index (κ3) is 3.83. The molecule has 0 unspecified atom stereocenters. The molecule has 1 aromatic carbocycles. The van der Waals surface area contributed by atoms with Gasteiger partial charge in [-0.25, -0.2) is 0 Å². The second-order valence-corrected chi connectivity index (χ2v) is 5.29. The maximum Gasteiger partial charge on any atom is 0.0451 e. The van der Waals surface area contributed by atoms with Crippen molar-refractivity contribution in [1.82, 2.24) is 10.2 Å². The molecule has 1 fully saturated rings. The van der Waals surface area contributed by atoms with E-state index in [1.165, 1.54) is 31.5 Å². The van der Waals surface area contributed by atoms with Crippen LogP contribution in [0.1, 0.15) is 38.3 Å². The lowest BCUT2D eigenvalue weighted by Crippen LogP contribution is -2.36. The van der Waals surface area contributed by atoms with Crippen molar-refractivity contribution in [3.05, 3.63) is 35.9 Å². The molecule has 0 bridgehead atoms. The van der Waals surface area contributed by atoms with Gasteiger partial charge in [0.2, 0.25) is 0 Å². The number of rotatable bonds is 5. The zero-order chi connectivity index (χ0) is 12.1. The summed E-state index contributed by atoms with van der Waals surface area (Å²) in [5.41, 5.74) is 1.41. The lowest BCUT2D eigenvalue weighted by atomic mass is 10.1. The first-order valence-corrected chi connectivity index (χ1v) is 6.79. The zero-order valence-corrected chi connectivity index (χ0v) is 11.0. The van der Waals surface area contributed by atoms with Crippen LogP contribution < -0.4 is 5.32 Å². The van der Waals surface area contributed by atoms with Gasteiger partial charge in [-0.2, -0.15) is 0 Å². The number of nitrogens with zero attached hydrogens (tertiary/aromatic N) is 1. The largest absolute Gasteiger partial charge is 0.307 e. The third-order valence-corrected chi connectivity index (χ3v) is 3.38. The van der Waals surface area contributed by atoms with Gasteiger partial charge in [-0.15, -0.1) is 0 Å². The van der Waals surface area contributed by atoms with Gasteiger partial charge >= 0.3 is 0 Å². The van der Waals surface area contributed by atoms with Crippen molar-refractivity contribution >= 4 is 0 Å². The summed E-state index contributed by atoms with van der Waals surface area (Å²) in [7, 11) is 0. The highest BCUT2D eigenvalue weighted by Crippen LogP contribution is 2.18. The fourth-order valence-electron chi connectivity index (χ4n) is 2.57. The predicted molar refractivity (Wildman–Crippen MR) is 73.1 cm³/mol. The highest BCUT2D eigenvalue weighted by atomic mass is 15.2. The molecule has 1 N–H and O–H groups in total. The topological polar surface area (TPSA) is 15.3 Å². The van der Waals surface area contributed by atoms with Crippen LogP contribution >= 0.6 is 0 Å². The van der Waals surface area contributed by atoms with E-state index in [1.54, 1.807) is 0 Å². The summed E-state index contributed by atoms with van der Waals surface area (Å²) < 4.78 is 0. The first-order valence-electron chi connectivity index (χ1n) is 6.79. The number of likely N-dealkylation sites (tertiary alicyclic amines) is 1. The Kier molecular flexibility index (Phi) is 4.57. The van der Waals surface area contributed by atoms with Crippen LogP contribution in [-0.2, 0) is 0 Å². The van der Waals surface area contributed by atoms with Crippen LogP contribution in [0.25, 0.3) is 0 Å². The molecule has 1 aliphatic rings. The first-order chi connectivity index (χ1) is 8.25. The minimum atomic E-state index is 0.467. The van der Waals surface area contributed by atoms with Crippen LogP contribution in [0.3, 0.4) is 0 Å². The molecule has 1 heterocycles. The van der Waals surface area contributed by atoms with Gasteiger partial charge in [-0.05, 0) is 31.5 Å². The first kappa shape index (κ1) is 12.6. The lowest BCUT2D eigenvalue weighted by molar-refractivity contribution is 0.284. The molecule has 1 aromatic rings. The fourth-order valence-corrected chi connectivity index (χ4v) is 2.57. The van der Waals surface area contributed by atoms with Crippen molar-refractivity contribution in [3.8, 4) is 0 Å². The van der Waals surface area contributed by atoms with Gasteiger partial charge in [0.15, 0.2) is 0 Å². The minimum absolute atomic E-state index is 0.467. The quantitative estimate of drug-likeness (QED) is 0.840. The van der Waals surface area contributed by atoms with Crippen LogP contribution in [0.5, 0.6) is 0 Å². The van der Waals surface area contributed by atoms with E-state index in [9.17, 15) is 0 Å². The summed E-state index contributed by atoms with van der Waals surface area (Å²) in [6.45, 7) is 8.12. The second kappa shape index (κ2) is 6.18. The van der Waals surface area contributed by atoms with Crippen molar-refractivity contribution in [2.24, 2.45) is 0 Å². The standard InChI is InChI=1S/C15H24N2/c1-13(2)16-15(12-17-10-6-7-11-17)14-8-4-3-5-9-14/h3-5,8-9,13,15-16H,6-7,10-12H2,1-2H3/t15-/m0/s1. The fraction of sp³-hybridized carbons (Fsp3) is 0.600. The van der Waals surface area contributed by atoms with Crippen molar-refractivity contribution in [3.63, 3.8) is 0 Å². The van der Waals surface area contributed by atoms with Gasteiger partial charge in [0.1, 0.15) is 0 Å². The van der Waals surface area contributed by atoms with E-state index in [1.807, 2.05) is 0 Å². The minimum Gasteiger partial charge on any atom is -0.307 e. The van der Waals surface area contributed by atoms with Gasteiger partial charge in [0.25, 0.3) is 0 Å². The predicted octanol–water partition coefficient (Wildman–Crippen LogP) is 2.82. The molecule has 1 atom stereocenters. The molecular weight excluding hydrogens is 208 g/mol. The van der Waals surface area contributed by atoms with E-state index >= 15 is 0 Å². The average molecular weight is 232 g/mol. The Bertz CT molecular complexity index is 315. The number of benzene rings is 1. The zero-order valence-electron chi connectivity index (χ0n) is 11.0. The maximum atomic E-state index is 3.68. The van der Waals surface area contributed by atoms with E-state index < -0.39 is 0 Å². The molecule has 94 valence electrons. The SMILES string of the molecule is CC(C)N[C@@H](CN1CCCC1)c1ccccc1. The van der Waals surface area contributed by atoms with Gasteiger partial charge in [-0.3, -0.25) is 0 Å². The highest BCUT2D eigenvalue weighted by Gasteiger charge is 2.19. The van der Waals surface area contributed by atoms with Crippen LogP contribution in [0, 0.1) is 0 Å². The molecule has 0 saturated carbocycles. The van der Waals surface area contributed by atoms with Crippen molar-refractivity contribution in [2.45, 2.75) is 38.8 Å². The van der Waals surface area contributed by atoms with E-state index in [0.717, 1.165) is 6.54 Å². The molecule has 17 heavy (non-hydrogen) atoms. The normalized spacial score (nSPS) is 18.8. The Labute approximate surface area is 105 Å². The van der Waals surface area contributed by atoms with Gasteiger partial charge in [0.05, 0.1) is 0 Å². The van der Waals surface area contributed by atoms with Crippen LogP contribution in [0.2, 0.25) is 0 Å². The summed E-state index contributed by atoms with van der Waals surface area (Å²) in [6, 6.07) is 11.8. The number of hydrogen-bond acceptors (Lipinski definition) is 2. The molecule has 0 radical (unpaired) electrons. The average Bonchev–Trinajstić information content (AvgIpc) is 2.82. The van der Waals surface area contributed by atoms with Gasteiger partial charge < -0.3 is 10.2 Å². The highest BCUT2D eigenvalue weighted by molar-refractivity contribution is 5.19. The summed E-state index contributed by atoms with van der Waals surface area (Å²) >= 11 is 0. The van der Waals surface area contributed by atoms with Crippen molar-refractivity contribution in [1.29, 1.82) is 0 Å². The van der Waals surface area contributed by atoms with Crippen LogP contribution in [-0.4, -0.2) is 30.6 Å². The Balaban J connectivity index is 2.02. The summed E-state index contributed by atoms with van der Waals surface area (Å²) in [5, 5.41) is 3.68. The third-order valence-electron chi connectivity index (χ3n) is 3.38.